The van der Waals surface area contributed by atoms with E-state index in [1.54, 1.807) is 25.1 Å². The van der Waals surface area contributed by atoms with Crippen LogP contribution in [0.2, 0.25) is 0 Å². The minimum absolute atomic E-state index is 0.0403. The molecular weight excluding hydrogens is 404 g/mol. The first-order valence-electron chi connectivity index (χ1n) is 10.0. The molecule has 10 heteroatoms. The first kappa shape index (κ1) is 24.0. The van der Waals surface area contributed by atoms with Gasteiger partial charge >= 0.3 is 11.6 Å². The van der Waals surface area contributed by atoms with Crippen molar-refractivity contribution in [2.24, 2.45) is 11.5 Å². The van der Waals surface area contributed by atoms with Gasteiger partial charge in [-0.3, -0.25) is 14.4 Å². The smallest absolute Gasteiger partial charge is 0.336 e. The minimum atomic E-state index is -1.06. The van der Waals surface area contributed by atoms with Gasteiger partial charge in [-0.25, -0.2) is 4.79 Å². The summed E-state index contributed by atoms with van der Waals surface area (Å²) in [6, 6.07) is 4.40. The van der Waals surface area contributed by atoms with E-state index in [4.69, 9.17) is 21.0 Å². The number of carbonyl (C=O) groups excluding carboxylic acids is 2. The molecule has 0 saturated carbocycles. The van der Waals surface area contributed by atoms with Gasteiger partial charge in [-0.05, 0) is 56.8 Å². The number of anilines is 1. The number of aliphatic carboxylic acids is 1. The highest BCUT2D eigenvalue weighted by atomic mass is 16.4. The van der Waals surface area contributed by atoms with Crippen LogP contribution in [0.3, 0.4) is 0 Å². The Labute approximate surface area is 179 Å². The zero-order valence-corrected chi connectivity index (χ0v) is 17.3. The van der Waals surface area contributed by atoms with E-state index in [-0.39, 0.29) is 12.8 Å². The lowest BCUT2D eigenvalue weighted by atomic mass is 10.1. The summed E-state index contributed by atoms with van der Waals surface area (Å²) in [6.07, 6.45) is 1.32. The molecule has 0 aliphatic carbocycles. The summed E-state index contributed by atoms with van der Waals surface area (Å²) in [4.78, 5) is 47.4. The second kappa shape index (κ2) is 11.2. The number of hydrogen-bond acceptors (Lipinski definition) is 7. The number of nitrogens with one attached hydrogen (secondary N) is 2. The Morgan fingerprint density at radius 1 is 1.13 bits per heavy atom. The van der Waals surface area contributed by atoms with Crippen molar-refractivity contribution in [1.82, 2.24) is 5.32 Å². The van der Waals surface area contributed by atoms with E-state index in [9.17, 15) is 19.2 Å². The number of aryl methyl sites for hydroxylation is 1. The van der Waals surface area contributed by atoms with Crippen molar-refractivity contribution in [2.75, 3.05) is 11.9 Å². The number of carbonyl (C=O) groups is 3. The molecule has 1 aromatic carbocycles. The van der Waals surface area contributed by atoms with Crippen LogP contribution in [0.1, 0.15) is 37.7 Å². The Kier molecular flexibility index (Phi) is 8.71. The highest BCUT2D eigenvalue weighted by Gasteiger charge is 2.24. The third-order valence-corrected chi connectivity index (χ3v) is 4.80. The molecule has 0 aliphatic heterocycles. The lowest BCUT2D eigenvalue weighted by Gasteiger charge is -2.20. The van der Waals surface area contributed by atoms with Crippen LogP contribution in [-0.4, -0.2) is 41.5 Å². The topological polar surface area (TPSA) is 178 Å². The molecule has 2 amide bonds. The van der Waals surface area contributed by atoms with Gasteiger partial charge in [0.2, 0.25) is 11.8 Å². The Morgan fingerprint density at radius 3 is 2.55 bits per heavy atom. The van der Waals surface area contributed by atoms with Gasteiger partial charge < -0.3 is 31.6 Å². The van der Waals surface area contributed by atoms with Gasteiger partial charge in [0.05, 0.1) is 6.04 Å². The van der Waals surface area contributed by atoms with Gasteiger partial charge in [0.1, 0.15) is 11.6 Å². The maximum Gasteiger partial charge on any atom is 0.336 e. The third-order valence-electron chi connectivity index (χ3n) is 4.80. The first-order valence-corrected chi connectivity index (χ1v) is 10.0. The van der Waals surface area contributed by atoms with Crippen molar-refractivity contribution in [3.05, 3.63) is 40.2 Å². The van der Waals surface area contributed by atoms with Gasteiger partial charge in [-0.15, -0.1) is 0 Å². The Hall–Kier alpha value is -3.24. The van der Waals surface area contributed by atoms with Crippen molar-refractivity contribution in [1.29, 1.82) is 0 Å². The van der Waals surface area contributed by atoms with Crippen molar-refractivity contribution in [3.8, 4) is 0 Å². The Bertz CT molecular complexity index is 1000. The van der Waals surface area contributed by atoms with E-state index in [1.807, 2.05) is 0 Å². The predicted molar refractivity (Wildman–Crippen MR) is 116 cm³/mol. The molecule has 0 aliphatic rings. The van der Waals surface area contributed by atoms with Crippen LogP contribution in [-0.2, 0) is 14.4 Å². The van der Waals surface area contributed by atoms with E-state index < -0.39 is 35.5 Å². The van der Waals surface area contributed by atoms with Gasteiger partial charge in [-0.2, -0.15) is 0 Å². The molecule has 0 bridgehead atoms. The summed E-state index contributed by atoms with van der Waals surface area (Å²) in [5, 5.41) is 14.8. The van der Waals surface area contributed by atoms with Crippen LogP contribution < -0.4 is 27.7 Å². The molecule has 2 aromatic rings. The quantitative estimate of drug-likeness (QED) is 0.256. The van der Waals surface area contributed by atoms with E-state index in [2.05, 4.69) is 10.6 Å². The van der Waals surface area contributed by atoms with Crippen molar-refractivity contribution >= 4 is 34.4 Å². The van der Waals surface area contributed by atoms with Gasteiger partial charge in [0, 0.05) is 29.6 Å². The lowest BCUT2D eigenvalue weighted by molar-refractivity contribution is -0.137. The Morgan fingerprint density at radius 2 is 1.87 bits per heavy atom. The third kappa shape index (κ3) is 7.19. The average Bonchev–Trinajstić information content (AvgIpc) is 2.70. The summed E-state index contributed by atoms with van der Waals surface area (Å²) in [7, 11) is 0. The largest absolute Gasteiger partial charge is 0.481 e. The summed E-state index contributed by atoms with van der Waals surface area (Å²) < 4.78 is 5.19. The number of unbranched alkanes of at least 4 members (excludes halogenated alkanes) is 1. The molecule has 1 aromatic heterocycles. The summed E-state index contributed by atoms with van der Waals surface area (Å²) in [6.45, 7) is 2.23. The molecule has 1 heterocycles. The second-order valence-electron chi connectivity index (χ2n) is 7.33. The summed E-state index contributed by atoms with van der Waals surface area (Å²) >= 11 is 0. The zero-order chi connectivity index (χ0) is 23.0. The van der Waals surface area contributed by atoms with E-state index in [0.717, 1.165) is 10.9 Å². The highest BCUT2D eigenvalue weighted by Crippen LogP contribution is 2.21. The predicted octanol–water partition coefficient (Wildman–Crippen LogP) is 0.846. The molecule has 2 atom stereocenters. The lowest BCUT2D eigenvalue weighted by Crippen LogP contribution is -2.50. The van der Waals surface area contributed by atoms with Gasteiger partial charge in [0.25, 0.3) is 0 Å². The van der Waals surface area contributed by atoms with Crippen molar-refractivity contribution in [3.63, 3.8) is 0 Å². The van der Waals surface area contributed by atoms with Crippen LogP contribution in [0.4, 0.5) is 5.69 Å². The molecule has 10 nitrogen and oxygen atoms in total. The van der Waals surface area contributed by atoms with Gasteiger partial charge in [0.15, 0.2) is 0 Å². The normalized spacial score (nSPS) is 12.9. The molecule has 0 radical (unpaired) electrons. The SMILES string of the molecule is Cc1cc(=O)oc2cc(NC(=O)[C@H](CCCCN)NC(=O)[C@@H](N)CCC(=O)O)ccc12. The summed E-state index contributed by atoms with van der Waals surface area (Å²) in [5.74, 6) is -2.13. The highest BCUT2D eigenvalue weighted by molar-refractivity contribution is 5.99. The van der Waals surface area contributed by atoms with E-state index >= 15 is 0 Å². The molecule has 31 heavy (non-hydrogen) atoms. The van der Waals surface area contributed by atoms with Crippen LogP contribution in [0.15, 0.2) is 33.5 Å². The number of rotatable bonds is 11. The fraction of sp³-hybridized carbons (Fsp3) is 0.429. The van der Waals surface area contributed by atoms with Crippen LogP contribution in [0, 0.1) is 6.92 Å². The second-order valence-corrected chi connectivity index (χ2v) is 7.33. The molecule has 0 spiro atoms. The average molecular weight is 432 g/mol. The fourth-order valence-corrected chi connectivity index (χ4v) is 3.08. The van der Waals surface area contributed by atoms with Crippen molar-refractivity contribution in [2.45, 2.75) is 51.1 Å². The molecular formula is C21H28N4O6. The summed E-state index contributed by atoms with van der Waals surface area (Å²) in [5.41, 5.74) is 12.3. The molecule has 168 valence electrons. The number of nitrogens with two attached hydrogens (primary N) is 2. The maximum absolute atomic E-state index is 12.8. The standard InChI is InChI=1S/C21H28N4O6/c1-12-10-19(28)31-17-11-13(5-6-14(12)17)24-21(30)16(4-2-3-9-22)25-20(29)15(23)7-8-18(26)27/h5-6,10-11,15-16H,2-4,7-9,22-23H2,1H3,(H,24,30)(H,25,29)(H,26,27)/t15-,16-/m0/s1. The minimum Gasteiger partial charge on any atom is -0.481 e. The molecule has 0 unspecified atom stereocenters. The number of hydrogen-bond donors (Lipinski definition) is 5. The number of fused-ring (bicyclic) bond motifs is 1. The molecule has 2 rings (SSSR count). The number of benzene rings is 1. The van der Waals surface area contributed by atoms with E-state index in [0.29, 0.717) is 37.1 Å². The zero-order valence-electron chi connectivity index (χ0n) is 17.3. The maximum atomic E-state index is 12.8. The van der Waals surface area contributed by atoms with Gasteiger partial charge in [-0.1, -0.05) is 0 Å². The van der Waals surface area contributed by atoms with Crippen LogP contribution >= 0.6 is 0 Å². The monoisotopic (exact) mass is 432 g/mol. The fourth-order valence-electron chi connectivity index (χ4n) is 3.08. The van der Waals surface area contributed by atoms with Crippen LogP contribution in [0.5, 0.6) is 0 Å². The molecule has 0 fully saturated rings. The number of carboxylic acid groups (broad SMARTS) is 1. The first-order chi connectivity index (χ1) is 14.7. The van der Waals surface area contributed by atoms with Crippen LogP contribution in [0.25, 0.3) is 11.0 Å². The number of carboxylic acids is 1. The Balaban J connectivity index is 2.13. The van der Waals surface area contributed by atoms with Crippen molar-refractivity contribution < 1.29 is 23.9 Å². The molecule has 7 N–H and O–H groups in total. The number of amides is 2. The molecule has 0 saturated heterocycles. The van der Waals surface area contributed by atoms with E-state index in [1.165, 1.54) is 6.07 Å².